The van der Waals surface area contributed by atoms with Gasteiger partial charge in [0.1, 0.15) is 0 Å². The van der Waals surface area contributed by atoms with Gasteiger partial charge < -0.3 is 0 Å². The Morgan fingerprint density at radius 3 is 2.44 bits per heavy atom. The van der Waals surface area contributed by atoms with E-state index in [9.17, 15) is 5.26 Å². The highest BCUT2D eigenvalue weighted by Crippen LogP contribution is 2.35. The van der Waals surface area contributed by atoms with Crippen molar-refractivity contribution < 1.29 is 0 Å². The first-order valence-corrected chi connectivity index (χ1v) is 7.28. The molecule has 2 rings (SSSR count). The molecule has 1 saturated heterocycles. The van der Waals surface area contributed by atoms with Crippen molar-refractivity contribution in [1.29, 1.82) is 5.26 Å². The molecule has 0 radical (unpaired) electrons. The second-order valence-electron chi connectivity index (χ2n) is 4.79. The molecule has 1 fully saturated rings. The van der Waals surface area contributed by atoms with Gasteiger partial charge in [-0.25, -0.2) is 0 Å². The molecule has 1 aromatic carbocycles. The second-order valence-corrected chi connectivity index (χ2v) is 6.04. The molecule has 2 nitrogen and oxygen atoms in total. The highest BCUT2D eigenvalue weighted by molar-refractivity contribution is 14.1. The summed E-state index contributed by atoms with van der Waals surface area (Å²) in [5.41, 5.74) is 0.880. The molecule has 0 amide bonds. The Balaban J connectivity index is 2.16. The largest absolute Gasteiger partial charge is 0.300 e. The summed E-state index contributed by atoms with van der Waals surface area (Å²) in [4.78, 5) is 2.36. The Hall–Kier alpha value is -0.860. The fourth-order valence-corrected chi connectivity index (χ4v) is 2.89. The van der Waals surface area contributed by atoms with Crippen molar-refractivity contribution in [3.8, 4) is 6.07 Å². The first-order valence-electron chi connectivity index (χ1n) is 6.21. The lowest BCUT2D eigenvalue weighted by Gasteiger charge is -2.37. The number of hydrogen-bond acceptors (Lipinski definition) is 2. The number of halogens is 1. The Labute approximate surface area is 122 Å². The summed E-state index contributed by atoms with van der Waals surface area (Å²) in [6.45, 7) is 6.65. The van der Waals surface area contributed by atoms with E-state index in [-0.39, 0.29) is 5.41 Å². The van der Waals surface area contributed by atoms with Crippen LogP contribution in [0.1, 0.15) is 18.4 Å². The monoisotopic (exact) mass is 352 g/mol. The Bertz CT molecular complexity index is 450. The van der Waals surface area contributed by atoms with Crippen molar-refractivity contribution in [2.24, 2.45) is 0 Å². The molecule has 0 saturated carbocycles. The molecule has 0 atom stereocenters. The number of hydrogen-bond donors (Lipinski definition) is 0. The van der Waals surface area contributed by atoms with Gasteiger partial charge in [0.2, 0.25) is 0 Å². The van der Waals surface area contributed by atoms with Crippen LogP contribution < -0.4 is 0 Å². The SMILES string of the molecule is C=CCN1CCC(C#N)(c2ccc(I)cc2)CC1. The molecular formula is C15H17IN2. The van der Waals surface area contributed by atoms with Gasteiger partial charge in [0, 0.05) is 23.2 Å². The van der Waals surface area contributed by atoms with Crippen LogP contribution in [0.4, 0.5) is 0 Å². The molecule has 0 bridgehead atoms. The van der Waals surface area contributed by atoms with Crippen molar-refractivity contribution in [3.05, 3.63) is 46.1 Å². The van der Waals surface area contributed by atoms with Gasteiger partial charge in [0.05, 0.1) is 11.5 Å². The third-order valence-corrected chi connectivity index (χ3v) is 4.43. The minimum absolute atomic E-state index is 0.290. The molecule has 3 heteroatoms. The third kappa shape index (κ3) is 2.76. The van der Waals surface area contributed by atoms with Gasteiger partial charge in [-0.1, -0.05) is 18.2 Å². The summed E-state index contributed by atoms with van der Waals surface area (Å²) >= 11 is 2.30. The highest BCUT2D eigenvalue weighted by Gasteiger charge is 2.35. The van der Waals surface area contributed by atoms with Gasteiger partial charge in [-0.15, -0.1) is 6.58 Å². The number of piperidine rings is 1. The quantitative estimate of drug-likeness (QED) is 0.616. The van der Waals surface area contributed by atoms with Crippen LogP contribution in [-0.4, -0.2) is 24.5 Å². The molecule has 0 spiro atoms. The Kier molecular flexibility index (Phi) is 4.41. The summed E-state index contributed by atoms with van der Waals surface area (Å²) in [7, 11) is 0. The maximum absolute atomic E-state index is 9.59. The van der Waals surface area contributed by atoms with Gasteiger partial charge in [-0.05, 0) is 53.1 Å². The fourth-order valence-electron chi connectivity index (χ4n) is 2.53. The van der Waals surface area contributed by atoms with Gasteiger partial charge in [-0.3, -0.25) is 4.90 Å². The van der Waals surface area contributed by atoms with Crippen molar-refractivity contribution >= 4 is 22.6 Å². The van der Waals surface area contributed by atoms with E-state index in [1.165, 1.54) is 9.13 Å². The standard InChI is InChI=1S/C15H17IN2/c1-2-9-18-10-7-15(12-17,8-11-18)13-3-5-14(16)6-4-13/h2-6H,1,7-11H2. The number of nitrogens with zero attached hydrogens (tertiary/aromatic N) is 2. The number of nitriles is 1. The molecule has 0 unspecified atom stereocenters. The molecule has 1 aliphatic rings. The molecule has 0 aromatic heterocycles. The Morgan fingerprint density at radius 1 is 1.33 bits per heavy atom. The Morgan fingerprint density at radius 2 is 1.94 bits per heavy atom. The summed E-state index contributed by atoms with van der Waals surface area (Å²) in [6.07, 6.45) is 3.76. The smallest absolute Gasteiger partial charge is 0.0846 e. The van der Waals surface area contributed by atoms with E-state index in [1.54, 1.807) is 0 Å². The van der Waals surface area contributed by atoms with Gasteiger partial charge in [0.15, 0.2) is 0 Å². The van der Waals surface area contributed by atoms with E-state index in [4.69, 9.17) is 0 Å². The van der Waals surface area contributed by atoms with Crippen LogP contribution in [-0.2, 0) is 5.41 Å². The topological polar surface area (TPSA) is 27.0 Å². The number of benzene rings is 1. The lowest BCUT2D eigenvalue weighted by molar-refractivity contribution is 0.203. The van der Waals surface area contributed by atoms with E-state index in [0.717, 1.165) is 32.5 Å². The molecule has 18 heavy (non-hydrogen) atoms. The molecule has 1 heterocycles. The molecule has 1 aliphatic heterocycles. The van der Waals surface area contributed by atoms with E-state index in [0.29, 0.717) is 0 Å². The zero-order valence-electron chi connectivity index (χ0n) is 10.4. The predicted octanol–water partition coefficient (Wildman–Crippen LogP) is 3.33. The van der Waals surface area contributed by atoms with Crippen LogP contribution >= 0.6 is 22.6 Å². The van der Waals surface area contributed by atoms with E-state index >= 15 is 0 Å². The fraction of sp³-hybridized carbons (Fsp3) is 0.400. The second kappa shape index (κ2) is 5.85. The first kappa shape index (κ1) is 13.6. The van der Waals surface area contributed by atoms with Crippen LogP contribution in [0.15, 0.2) is 36.9 Å². The average molecular weight is 352 g/mol. The van der Waals surface area contributed by atoms with Crippen LogP contribution in [0, 0.1) is 14.9 Å². The lowest BCUT2D eigenvalue weighted by Crippen LogP contribution is -2.41. The van der Waals surface area contributed by atoms with Crippen molar-refractivity contribution in [2.45, 2.75) is 18.3 Å². The zero-order chi connectivity index (χ0) is 13.0. The van der Waals surface area contributed by atoms with Crippen molar-refractivity contribution in [3.63, 3.8) is 0 Å². The number of likely N-dealkylation sites (tertiary alicyclic amines) is 1. The van der Waals surface area contributed by atoms with E-state index in [2.05, 4.69) is 64.4 Å². The van der Waals surface area contributed by atoms with Crippen LogP contribution in [0.3, 0.4) is 0 Å². The zero-order valence-corrected chi connectivity index (χ0v) is 12.6. The van der Waals surface area contributed by atoms with E-state index < -0.39 is 0 Å². The first-order chi connectivity index (χ1) is 8.70. The van der Waals surface area contributed by atoms with Crippen LogP contribution in [0.2, 0.25) is 0 Å². The van der Waals surface area contributed by atoms with Crippen molar-refractivity contribution in [2.75, 3.05) is 19.6 Å². The minimum Gasteiger partial charge on any atom is -0.300 e. The molecular weight excluding hydrogens is 335 g/mol. The lowest BCUT2D eigenvalue weighted by atomic mass is 9.74. The summed E-state index contributed by atoms with van der Waals surface area (Å²) < 4.78 is 1.22. The molecule has 1 aromatic rings. The third-order valence-electron chi connectivity index (χ3n) is 3.71. The minimum atomic E-state index is -0.290. The predicted molar refractivity (Wildman–Crippen MR) is 82.3 cm³/mol. The van der Waals surface area contributed by atoms with Gasteiger partial charge >= 0.3 is 0 Å². The van der Waals surface area contributed by atoms with E-state index in [1.807, 2.05) is 6.08 Å². The highest BCUT2D eigenvalue weighted by atomic mass is 127. The van der Waals surface area contributed by atoms with Crippen LogP contribution in [0.5, 0.6) is 0 Å². The average Bonchev–Trinajstić information content (AvgIpc) is 2.41. The van der Waals surface area contributed by atoms with Gasteiger partial charge in [0.25, 0.3) is 0 Å². The maximum Gasteiger partial charge on any atom is 0.0846 e. The van der Waals surface area contributed by atoms with Crippen molar-refractivity contribution in [1.82, 2.24) is 4.90 Å². The maximum atomic E-state index is 9.59. The summed E-state index contributed by atoms with van der Waals surface area (Å²) in [6, 6.07) is 10.9. The molecule has 94 valence electrons. The summed E-state index contributed by atoms with van der Waals surface area (Å²) in [5, 5.41) is 9.59. The summed E-state index contributed by atoms with van der Waals surface area (Å²) in [5.74, 6) is 0. The molecule has 0 N–H and O–H groups in total. The number of rotatable bonds is 3. The van der Waals surface area contributed by atoms with Crippen LogP contribution in [0.25, 0.3) is 0 Å². The normalized spacial score (nSPS) is 19.1. The van der Waals surface area contributed by atoms with Gasteiger partial charge in [-0.2, -0.15) is 5.26 Å². The molecule has 0 aliphatic carbocycles.